The SMILES string of the molecule is Cc1ccc(C(C)C)c(OCC(=O)NNC(=O)c2ccccc2C)c1. The minimum Gasteiger partial charge on any atom is -0.483 e. The molecule has 0 aromatic heterocycles. The molecule has 25 heavy (non-hydrogen) atoms. The van der Waals surface area contributed by atoms with Crippen LogP contribution in [0.25, 0.3) is 0 Å². The molecule has 0 saturated carbocycles. The number of nitrogens with one attached hydrogen (secondary N) is 2. The quantitative estimate of drug-likeness (QED) is 0.821. The molecule has 0 unspecified atom stereocenters. The molecule has 0 heterocycles. The maximum Gasteiger partial charge on any atom is 0.276 e. The van der Waals surface area contributed by atoms with Crippen LogP contribution in [0.5, 0.6) is 5.75 Å². The van der Waals surface area contributed by atoms with E-state index in [0.717, 1.165) is 16.7 Å². The van der Waals surface area contributed by atoms with Crippen molar-refractivity contribution in [3.63, 3.8) is 0 Å². The molecule has 5 nitrogen and oxygen atoms in total. The zero-order valence-electron chi connectivity index (χ0n) is 15.1. The van der Waals surface area contributed by atoms with Crippen molar-refractivity contribution in [1.82, 2.24) is 10.9 Å². The molecule has 2 aromatic carbocycles. The Morgan fingerprint density at radius 3 is 2.44 bits per heavy atom. The molecule has 0 aliphatic heterocycles. The lowest BCUT2D eigenvalue weighted by Gasteiger charge is -2.15. The minimum atomic E-state index is -0.418. The molecular weight excluding hydrogens is 316 g/mol. The van der Waals surface area contributed by atoms with E-state index in [-0.39, 0.29) is 12.5 Å². The second-order valence-corrected chi connectivity index (χ2v) is 6.30. The molecule has 0 saturated heterocycles. The second kappa shape index (κ2) is 8.33. The van der Waals surface area contributed by atoms with Gasteiger partial charge in [0.25, 0.3) is 11.8 Å². The summed E-state index contributed by atoms with van der Waals surface area (Å²) >= 11 is 0. The lowest BCUT2D eigenvalue weighted by Crippen LogP contribution is -2.44. The summed E-state index contributed by atoms with van der Waals surface area (Å²) in [6.07, 6.45) is 0. The molecule has 0 aliphatic carbocycles. The second-order valence-electron chi connectivity index (χ2n) is 6.30. The number of aryl methyl sites for hydroxylation is 2. The van der Waals surface area contributed by atoms with Crippen molar-refractivity contribution in [2.24, 2.45) is 0 Å². The largest absolute Gasteiger partial charge is 0.483 e. The average molecular weight is 340 g/mol. The molecule has 2 rings (SSSR count). The van der Waals surface area contributed by atoms with E-state index in [1.54, 1.807) is 12.1 Å². The van der Waals surface area contributed by atoms with Crippen LogP contribution in [0.4, 0.5) is 0 Å². The molecule has 0 atom stereocenters. The lowest BCUT2D eigenvalue weighted by molar-refractivity contribution is -0.123. The molecule has 0 fully saturated rings. The van der Waals surface area contributed by atoms with Crippen LogP contribution < -0.4 is 15.6 Å². The minimum absolute atomic E-state index is 0.169. The fourth-order valence-electron chi connectivity index (χ4n) is 2.44. The molecular formula is C20H24N2O3. The van der Waals surface area contributed by atoms with Crippen molar-refractivity contribution in [1.29, 1.82) is 0 Å². The van der Waals surface area contributed by atoms with Gasteiger partial charge in [-0.25, -0.2) is 0 Å². The van der Waals surface area contributed by atoms with E-state index in [1.165, 1.54) is 0 Å². The predicted molar refractivity (Wildman–Crippen MR) is 97.6 cm³/mol. The zero-order chi connectivity index (χ0) is 18.4. The first-order valence-electron chi connectivity index (χ1n) is 8.26. The lowest BCUT2D eigenvalue weighted by atomic mass is 10.0. The monoisotopic (exact) mass is 340 g/mol. The summed E-state index contributed by atoms with van der Waals surface area (Å²) < 4.78 is 5.64. The smallest absolute Gasteiger partial charge is 0.276 e. The number of carbonyl (C=O) groups is 2. The summed E-state index contributed by atoms with van der Waals surface area (Å²) in [5, 5.41) is 0. The maximum absolute atomic E-state index is 12.1. The molecule has 0 radical (unpaired) electrons. The number of hydrogen-bond acceptors (Lipinski definition) is 3. The maximum atomic E-state index is 12.1. The third-order valence-electron chi connectivity index (χ3n) is 3.85. The Balaban J connectivity index is 1.90. The summed E-state index contributed by atoms with van der Waals surface area (Å²) in [5.41, 5.74) is 8.25. The highest BCUT2D eigenvalue weighted by molar-refractivity contribution is 5.96. The summed E-state index contributed by atoms with van der Waals surface area (Å²) in [6.45, 7) is 7.78. The van der Waals surface area contributed by atoms with Crippen LogP contribution >= 0.6 is 0 Å². The van der Waals surface area contributed by atoms with E-state index in [0.29, 0.717) is 17.2 Å². The third kappa shape index (κ3) is 5.08. The molecule has 5 heteroatoms. The van der Waals surface area contributed by atoms with Gasteiger partial charge in [-0.05, 0) is 48.6 Å². The van der Waals surface area contributed by atoms with Gasteiger partial charge in [0, 0.05) is 5.56 Å². The summed E-state index contributed by atoms with van der Waals surface area (Å²) in [4.78, 5) is 24.0. The predicted octanol–water partition coefficient (Wildman–Crippen LogP) is 3.27. The Bertz CT molecular complexity index is 769. The van der Waals surface area contributed by atoms with E-state index in [1.807, 2.05) is 44.2 Å². The van der Waals surface area contributed by atoms with Gasteiger partial charge in [0.1, 0.15) is 5.75 Å². The van der Waals surface area contributed by atoms with Gasteiger partial charge in [0.2, 0.25) is 0 Å². The fourth-order valence-corrected chi connectivity index (χ4v) is 2.44. The van der Waals surface area contributed by atoms with Gasteiger partial charge in [-0.15, -0.1) is 0 Å². The van der Waals surface area contributed by atoms with E-state index < -0.39 is 5.91 Å². The van der Waals surface area contributed by atoms with Crippen LogP contribution in [0.1, 0.15) is 46.8 Å². The number of benzene rings is 2. The molecule has 0 spiro atoms. The van der Waals surface area contributed by atoms with Crippen LogP contribution in [0.15, 0.2) is 42.5 Å². The summed E-state index contributed by atoms with van der Waals surface area (Å²) in [7, 11) is 0. The standard InChI is InChI=1S/C20H24N2O3/c1-13(2)16-10-9-14(3)11-18(16)25-12-19(23)21-22-20(24)17-8-6-5-7-15(17)4/h5-11,13H,12H2,1-4H3,(H,21,23)(H,22,24). The van der Waals surface area contributed by atoms with Gasteiger partial charge in [0.05, 0.1) is 0 Å². The van der Waals surface area contributed by atoms with E-state index in [2.05, 4.69) is 24.7 Å². The average Bonchev–Trinajstić information content (AvgIpc) is 2.58. The Morgan fingerprint density at radius 2 is 1.76 bits per heavy atom. The first-order chi connectivity index (χ1) is 11.9. The first-order valence-corrected chi connectivity index (χ1v) is 8.26. The fraction of sp³-hybridized carbons (Fsp3) is 0.300. The number of rotatable bonds is 5. The number of carbonyl (C=O) groups excluding carboxylic acids is 2. The first kappa shape index (κ1) is 18.5. The van der Waals surface area contributed by atoms with E-state index in [4.69, 9.17) is 4.74 Å². The highest BCUT2D eigenvalue weighted by Crippen LogP contribution is 2.27. The van der Waals surface area contributed by atoms with Crippen molar-refractivity contribution in [3.05, 3.63) is 64.7 Å². The number of hydrogen-bond donors (Lipinski definition) is 2. The molecule has 132 valence electrons. The summed E-state index contributed by atoms with van der Waals surface area (Å²) in [6, 6.07) is 13.1. The van der Waals surface area contributed by atoms with Gasteiger partial charge < -0.3 is 4.74 Å². The molecule has 2 amide bonds. The third-order valence-corrected chi connectivity index (χ3v) is 3.85. The zero-order valence-corrected chi connectivity index (χ0v) is 15.1. The van der Waals surface area contributed by atoms with Gasteiger partial charge in [-0.1, -0.05) is 44.2 Å². The van der Waals surface area contributed by atoms with Crippen molar-refractivity contribution in [2.75, 3.05) is 6.61 Å². The topological polar surface area (TPSA) is 67.4 Å². The Labute approximate surface area is 148 Å². The molecule has 0 bridgehead atoms. The molecule has 2 aromatic rings. The van der Waals surface area contributed by atoms with Crippen LogP contribution in [-0.4, -0.2) is 18.4 Å². The highest BCUT2D eigenvalue weighted by Gasteiger charge is 2.12. The van der Waals surface area contributed by atoms with Gasteiger partial charge in [-0.2, -0.15) is 0 Å². The van der Waals surface area contributed by atoms with Crippen LogP contribution in [-0.2, 0) is 4.79 Å². The van der Waals surface area contributed by atoms with Crippen LogP contribution in [0.2, 0.25) is 0 Å². The van der Waals surface area contributed by atoms with Gasteiger partial charge >= 0.3 is 0 Å². The number of amides is 2. The van der Waals surface area contributed by atoms with Crippen LogP contribution in [0.3, 0.4) is 0 Å². The van der Waals surface area contributed by atoms with E-state index in [9.17, 15) is 9.59 Å². The Morgan fingerprint density at radius 1 is 1.04 bits per heavy atom. The Kier molecular flexibility index (Phi) is 6.17. The van der Waals surface area contributed by atoms with E-state index >= 15 is 0 Å². The van der Waals surface area contributed by atoms with Crippen molar-refractivity contribution in [2.45, 2.75) is 33.6 Å². The Hall–Kier alpha value is -2.82. The number of ether oxygens (including phenoxy) is 1. The van der Waals surface area contributed by atoms with Crippen molar-refractivity contribution >= 4 is 11.8 Å². The van der Waals surface area contributed by atoms with Crippen molar-refractivity contribution < 1.29 is 14.3 Å². The highest BCUT2D eigenvalue weighted by atomic mass is 16.5. The van der Waals surface area contributed by atoms with Crippen molar-refractivity contribution in [3.8, 4) is 5.75 Å². The molecule has 2 N–H and O–H groups in total. The number of hydrazine groups is 1. The van der Waals surface area contributed by atoms with Crippen LogP contribution in [0, 0.1) is 13.8 Å². The summed E-state index contributed by atoms with van der Waals surface area (Å²) in [5.74, 6) is 0.206. The molecule has 0 aliphatic rings. The normalized spacial score (nSPS) is 10.4. The van der Waals surface area contributed by atoms with Gasteiger partial charge in [-0.3, -0.25) is 20.4 Å². The van der Waals surface area contributed by atoms with Gasteiger partial charge in [0.15, 0.2) is 6.61 Å².